The van der Waals surface area contributed by atoms with Crippen LogP contribution in [0.1, 0.15) is 58.8 Å². The fraction of sp³-hybridized carbons (Fsp3) is 1.00. The molecule has 0 aromatic heterocycles. The van der Waals surface area contributed by atoms with Gasteiger partial charge in [0.05, 0.1) is 0 Å². The lowest BCUT2D eigenvalue weighted by Crippen LogP contribution is -2.15. The van der Waals surface area contributed by atoms with Gasteiger partial charge in [-0.25, -0.2) is 0 Å². The standard InChI is InChI=1S/C13H29NO/c1-3-4-7-13(8-5-6-9-15)10-12(2)11-14/h12-13,15H,3-11,14H2,1-2H3. The quantitative estimate of drug-likeness (QED) is 0.550. The van der Waals surface area contributed by atoms with Gasteiger partial charge < -0.3 is 10.8 Å². The molecule has 0 spiro atoms. The van der Waals surface area contributed by atoms with Crippen molar-refractivity contribution >= 4 is 0 Å². The molecule has 0 saturated carbocycles. The van der Waals surface area contributed by atoms with E-state index in [1.807, 2.05) is 0 Å². The maximum atomic E-state index is 8.76. The maximum Gasteiger partial charge on any atom is 0.0431 e. The van der Waals surface area contributed by atoms with E-state index in [0.29, 0.717) is 12.5 Å². The molecule has 0 amide bonds. The van der Waals surface area contributed by atoms with Crippen LogP contribution in [0.15, 0.2) is 0 Å². The van der Waals surface area contributed by atoms with Crippen molar-refractivity contribution in [3.63, 3.8) is 0 Å². The number of unbranched alkanes of at least 4 members (excludes halogenated alkanes) is 2. The molecule has 92 valence electrons. The predicted octanol–water partition coefficient (Wildman–Crippen LogP) is 2.94. The molecule has 0 fully saturated rings. The van der Waals surface area contributed by atoms with Crippen molar-refractivity contribution in [1.29, 1.82) is 0 Å². The molecule has 15 heavy (non-hydrogen) atoms. The number of rotatable bonds is 10. The molecule has 0 aromatic carbocycles. The summed E-state index contributed by atoms with van der Waals surface area (Å²) in [6.45, 7) is 5.64. The topological polar surface area (TPSA) is 46.2 Å². The van der Waals surface area contributed by atoms with Crippen LogP contribution >= 0.6 is 0 Å². The van der Waals surface area contributed by atoms with Gasteiger partial charge >= 0.3 is 0 Å². The zero-order chi connectivity index (χ0) is 11.5. The summed E-state index contributed by atoms with van der Waals surface area (Å²) >= 11 is 0. The van der Waals surface area contributed by atoms with Gasteiger partial charge in [0.2, 0.25) is 0 Å². The molecule has 0 aliphatic rings. The van der Waals surface area contributed by atoms with Gasteiger partial charge in [-0.05, 0) is 31.2 Å². The van der Waals surface area contributed by atoms with Gasteiger partial charge in [-0.1, -0.05) is 46.0 Å². The molecule has 0 aromatic rings. The van der Waals surface area contributed by atoms with E-state index in [4.69, 9.17) is 10.8 Å². The summed E-state index contributed by atoms with van der Waals surface area (Å²) in [7, 11) is 0. The summed E-state index contributed by atoms with van der Waals surface area (Å²) < 4.78 is 0. The van der Waals surface area contributed by atoms with Crippen LogP contribution in [0, 0.1) is 11.8 Å². The number of aliphatic hydroxyl groups excluding tert-OH is 1. The van der Waals surface area contributed by atoms with Crippen molar-refractivity contribution in [2.45, 2.75) is 58.8 Å². The van der Waals surface area contributed by atoms with Gasteiger partial charge in [0, 0.05) is 6.61 Å². The third-order valence-electron chi connectivity index (χ3n) is 3.12. The zero-order valence-electron chi connectivity index (χ0n) is 10.5. The Morgan fingerprint density at radius 3 is 2.33 bits per heavy atom. The minimum atomic E-state index is 0.340. The van der Waals surface area contributed by atoms with Crippen molar-refractivity contribution in [3.05, 3.63) is 0 Å². The summed E-state index contributed by atoms with van der Waals surface area (Å²) in [5, 5.41) is 8.76. The fourth-order valence-electron chi connectivity index (χ4n) is 2.08. The Bertz CT molecular complexity index is 128. The highest BCUT2D eigenvalue weighted by molar-refractivity contribution is 4.65. The monoisotopic (exact) mass is 215 g/mol. The summed E-state index contributed by atoms with van der Waals surface area (Å²) in [6.07, 6.45) is 8.62. The first-order valence-electron chi connectivity index (χ1n) is 6.55. The van der Waals surface area contributed by atoms with Crippen LogP contribution in [0.3, 0.4) is 0 Å². The SMILES string of the molecule is CCCCC(CCCCO)CC(C)CN. The van der Waals surface area contributed by atoms with Gasteiger partial charge in [0.15, 0.2) is 0 Å². The first-order valence-corrected chi connectivity index (χ1v) is 6.55. The molecule has 0 radical (unpaired) electrons. The molecule has 0 aliphatic heterocycles. The lowest BCUT2D eigenvalue weighted by Gasteiger charge is -2.19. The molecule has 0 bridgehead atoms. The molecule has 2 atom stereocenters. The van der Waals surface area contributed by atoms with Crippen molar-refractivity contribution < 1.29 is 5.11 Å². The van der Waals surface area contributed by atoms with Gasteiger partial charge in [0.25, 0.3) is 0 Å². The third kappa shape index (κ3) is 8.88. The van der Waals surface area contributed by atoms with E-state index in [1.54, 1.807) is 0 Å². The molecule has 0 saturated heterocycles. The molecule has 0 rings (SSSR count). The second-order valence-electron chi connectivity index (χ2n) is 4.80. The van der Waals surface area contributed by atoms with E-state index in [9.17, 15) is 0 Å². The van der Waals surface area contributed by atoms with Gasteiger partial charge in [-0.2, -0.15) is 0 Å². The molecular weight excluding hydrogens is 186 g/mol. The smallest absolute Gasteiger partial charge is 0.0431 e. The lowest BCUT2D eigenvalue weighted by atomic mass is 9.87. The Balaban J connectivity index is 3.72. The minimum absolute atomic E-state index is 0.340. The van der Waals surface area contributed by atoms with Crippen molar-refractivity contribution in [3.8, 4) is 0 Å². The second kappa shape index (κ2) is 10.4. The zero-order valence-corrected chi connectivity index (χ0v) is 10.5. The molecular formula is C13H29NO. The first-order chi connectivity index (χ1) is 7.24. The maximum absolute atomic E-state index is 8.76. The Morgan fingerprint density at radius 2 is 1.80 bits per heavy atom. The van der Waals surface area contributed by atoms with Crippen LogP contribution in [0.4, 0.5) is 0 Å². The molecule has 2 nitrogen and oxygen atoms in total. The molecule has 2 unspecified atom stereocenters. The van der Waals surface area contributed by atoms with E-state index < -0.39 is 0 Å². The second-order valence-corrected chi connectivity index (χ2v) is 4.80. The summed E-state index contributed by atoms with van der Waals surface area (Å²) in [4.78, 5) is 0. The summed E-state index contributed by atoms with van der Waals surface area (Å²) in [5.74, 6) is 1.48. The largest absolute Gasteiger partial charge is 0.396 e. The Hall–Kier alpha value is -0.0800. The van der Waals surface area contributed by atoms with Gasteiger partial charge in [-0.15, -0.1) is 0 Å². The van der Waals surface area contributed by atoms with Crippen LogP contribution in [0.2, 0.25) is 0 Å². The van der Waals surface area contributed by atoms with Crippen molar-refractivity contribution in [1.82, 2.24) is 0 Å². The van der Waals surface area contributed by atoms with E-state index in [1.165, 1.54) is 38.5 Å². The number of aliphatic hydroxyl groups is 1. The molecule has 3 N–H and O–H groups in total. The molecule has 0 heterocycles. The Kier molecular flexibility index (Phi) is 10.4. The highest BCUT2D eigenvalue weighted by Crippen LogP contribution is 2.23. The van der Waals surface area contributed by atoms with Crippen LogP contribution < -0.4 is 5.73 Å². The van der Waals surface area contributed by atoms with E-state index in [2.05, 4.69) is 13.8 Å². The van der Waals surface area contributed by atoms with Crippen LogP contribution in [-0.2, 0) is 0 Å². The first kappa shape index (κ1) is 14.9. The fourth-order valence-corrected chi connectivity index (χ4v) is 2.08. The van der Waals surface area contributed by atoms with Crippen LogP contribution in [0.25, 0.3) is 0 Å². The van der Waals surface area contributed by atoms with Gasteiger partial charge in [-0.3, -0.25) is 0 Å². The third-order valence-corrected chi connectivity index (χ3v) is 3.12. The average molecular weight is 215 g/mol. The number of hydrogen-bond donors (Lipinski definition) is 2. The number of hydrogen-bond acceptors (Lipinski definition) is 2. The minimum Gasteiger partial charge on any atom is -0.396 e. The molecule has 2 heteroatoms. The normalized spacial score (nSPS) is 15.2. The summed E-state index contributed by atoms with van der Waals surface area (Å²) in [6, 6.07) is 0. The molecule has 0 aliphatic carbocycles. The van der Waals surface area contributed by atoms with Crippen molar-refractivity contribution in [2.75, 3.05) is 13.2 Å². The summed E-state index contributed by atoms with van der Waals surface area (Å²) in [5.41, 5.74) is 5.66. The highest BCUT2D eigenvalue weighted by Gasteiger charge is 2.11. The van der Waals surface area contributed by atoms with Crippen LogP contribution in [-0.4, -0.2) is 18.3 Å². The van der Waals surface area contributed by atoms with Crippen molar-refractivity contribution in [2.24, 2.45) is 17.6 Å². The van der Waals surface area contributed by atoms with E-state index in [0.717, 1.165) is 18.9 Å². The van der Waals surface area contributed by atoms with E-state index in [-0.39, 0.29) is 0 Å². The van der Waals surface area contributed by atoms with E-state index >= 15 is 0 Å². The predicted molar refractivity (Wildman–Crippen MR) is 66.8 cm³/mol. The van der Waals surface area contributed by atoms with Gasteiger partial charge in [0.1, 0.15) is 0 Å². The Labute approximate surface area is 95.3 Å². The van der Waals surface area contributed by atoms with Crippen LogP contribution in [0.5, 0.6) is 0 Å². The lowest BCUT2D eigenvalue weighted by molar-refractivity contribution is 0.269. The average Bonchev–Trinajstić information content (AvgIpc) is 2.25. The highest BCUT2D eigenvalue weighted by atomic mass is 16.2. The number of nitrogens with two attached hydrogens (primary N) is 1. The Morgan fingerprint density at radius 1 is 1.13 bits per heavy atom.